The first-order valence-corrected chi connectivity index (χ1v) is 5.84. The summed E-state index contributed by atoms with van der Waals surface area (Å²) in [4.78, 5) is 13.7. The maximum atomic E-state index is 12.2. The SMILES string of the molecule is CCc1ccc(C(=O)N(C)c2ccc(N)cc2)o1. The van der Waals surface area contributed by atoms with Crippen LogP contribution in [0.1, 0.15) is 23.2 Å². The molecule has 4 nitrogen and oxygen atoms in total. The van der Waals surface area contributed by atoms with Crippen LogP contribution in [0.3, 0.4) is 0 Å². The number of furan rings is 1. The van der Waals surface area contributed by atoms with Crippen LogP contribution in [-0.2, 0) is 6.42 Å². The van der Waals surface area contributed by atoms with Gasteiger partial charge in [-0.1, -0.05) is 6.92 Å². The summed E-state index contributed by atoms with van der Waals surface area (Å²) in [6.45, 7) is 1.98. The second kappa shape index (κ2) is 4.96. The molecule has 2 rings (SSSR count). The Hall–Kier alpha value is -2.23. The van der Waals surface area contributed by atoms with Crippen LogP contribution in [0.2, 0.25) is 0 Å². The Morgan fingerprint density at radius 1 is 1.22 bits per heavy atom. The molecular formula is C14H16N2O2. The Balaban J connectivity index is 2.20. The van der Waals surface area contributed by atoms with Crippen molar-refractivity contribution in [1.29, 1.82) is 0 Å². The highest BCUT2D eigenvalue weighted by atomic mass is 16.4. The lowest BCUT2D eigenvalue weighted by Gasteiger charge is -2.15. The van der Waals surface area contributed by atoms with Gasteiger partial charge in [0.25, 0.3) is 5.91 Å². The number of hydrogen-bond donors (Lipinski definition) is 1. The molecule has 94 valence electrons. The minimum absolute atomic E-state index is 0.167. The molecule has 1 heterocycles. The van der Waals surface area contributed by atoms with Gasteiger partial charge < -0.3 is 15.1 Å². The molecule has 2 N–H and O–H groups in total. The van der Waals surface area contributed by atoms with Gasteiger partial charge in [0.2, 0.25) is 0 Å². The molecule has 1 aromatic heterocycles. The van der Waals surface area contributed by atoms with Gasteiger partial charge in [0.05, 0.1) is 0 Å². The van der Waals surface area contributed by atoms with E-state index in [1.54, 1.807) is 37.4 Å². The smallest absolute Gasteiger partial charge is 0.293 e. The maximum absolute atomic E-state index is 12.2. The fourth-order valence-electron chi connectivity index (χ4n) is 1.66. The molecule has 0 aliphatic heterocycles. The summed E-state index contributed by atoms with van der Waals surface area (Å²) in [6, 6.07) is 10.7. The first-order valence-electron chi connectivity index (χ1n) is 5.84. The molecule has 1 aromatic carbocycles. The number of carbonyl (C=O) groups excluding carboxylic acids is 1. The average molecular weight is 244 g/mol. The Morgan fingerprint density at radius 2 is 1.89 bits per heavy atom. The molecule has 0 aliphatic carbocycles. The Labute approximate surface area is 106 Å². The van der Waals surface area contributed by atoms with Crippen molar-refractivity contribution in [1.82, 2.24) is 0 Å². The molecule has 1 amide bonds. The van der Waals surface area contributed by atoms with E-state index >= 15 is 0 Å². The lowest BCUT2D eigenvalue weighted by atomic mass is 10.2. The van der Waals surface area contributed by atoms with Crippen LogP contribution >= 0.6 is 0 Å². The van der Waals surface area contributed by atoms with Crippen molar-refractivity contribution in [3.05, 3.63) is 47.9 Å². The summed E-state index contributed by atoms with van der Waals surface area (Å²) in [6.07, 6.45) is 0.777. The van der Waals surface area contributed by atoms with Crippen LogP contribution in [0.4, 0.5) is 11.4 Å². The van der Waals surface area contributed by atoms with Crippen molar-refractivity contribution in [2.75, 3.05) is 17.7 Å². The van der Waals surface area contributed by atoms with Crippen LogP contribution in [0, 0.1) is 0 Å². The number of carbonyl (C=O) groups is 1. The van der Waals surface area contributed by atoms with Gasteiger partial charge in [-0.25, -0.2) is 0 Å². The van der Waals surface area contributed by atoms with Gasteiger partial charge in [-0.15, -0.1) is 0 Å². The number of rotatable bonds is 3. The van der Waals surface area contributed by atoms with E-state index < -0.39 is 0 Å². The zero-order valence-electron chi connectivity index (χ0n) is 10.5. The van der Waals surface area contributed by atoms with E-state index in [4.69, 9.17) is 10.2 Å². The van der Waals surface area contributed by atoms with E-state index in [2.05, 4.69) is 0 Å². The van der Waals surface area contributed by atoms with E-state index in [1.807, 2.05) is 13.0 Å². The molecule has 4 heteroatoms. The van der Waals surface area contributed by atoms with Crippen LogP contribution in [0.15, 0.2) is 40.8 Å². The number of nitrogens with zero attached hydrogens (tertiary/aromatic N) is 1. The summed E-state index contributed by atoms with van der Waals surface area (Å²) in [7, 11) is 1.71. The molecule has 0 fully saturated rings. The van der Waals surface area contributed by atoms with Crippen molar-refractivity contribution >= 4 is 17.3 Å². The second-order valence-corrected chi connectivity index (χ2v) is 4.08. The summed E-state index contributed by atoms with van der Waals surface area (Å²) in [5.74, 6) is 0.995. The lowest BCUT2D eigenvalue weighted by Crippen LogP contribution is -2.25. The number of nitrogen functional groups attached to an aromatic ring is 1. The van der Waals surface area contributed by atoms with Crippen molar-refractivity contribution in [3.63, 3.8) is 0 Å². The predicted molar refractivity (Wildman–Crippen MR) is 71.7 cm³/mol. The molecule has 0 aliphatic rings. The first-order chi connectivity index (χ1) is 8.61. The minimum Gasteiger partial charge on any atom is -0.456 e. The third-order valence-electron chi connectivity index (χ3n) is 2.81. The van der Waals surface area contributed by atoms with Gasteiger partial charge in [0, 0.05) is 24.8 Å². The van der Waals surface area contributed by atoms with Crippen LogP contribution < -0.4 is 10.6 Å². The molecule has 0 radical (unpaired) electrons. The van der Waals surface area contributed by atoms with Crippen LogP contribution in [0.5, 0.6) is 0 Å². The van der Waals surface area contributed by atoms with E-state index in [0.717, 1.165) is 17.9 Å². The first kappa shape index (κ1) is 12.2. The standard InChI is InChI=1S/C14H16N2O2/c1-3-12-8-9-13(18-12)14(17)16(2)11-6-4-10(15)5-7-11/h4-9H,3,15H2,1-2H3. The number of nitrogens with two attached hydrogens (primary N) is 1. The molecule has 0 unspecified atom stereocenters. The zero-order chi connectivity index (χ0) is 13.1. The summed E-state index contributed by atoms with van der Waals surface area (Å²) >= 11 is 0. The van der Waals surface area contributed by atoms with Crippen molar-refractivity contribution in [3.8, 4) is 0 Å². The van der Waals surface area contributed by atoms with E-state index in [-0.39, 0.29) is 5.91 Å². The normalized spacial score (nSPS) is 10.3. The van der Waals surface area contributed by atoms with Crippen molar-refractivity contribution < 1.29 is 9.21 Å². The molecule has 2 aromatic rings. The van der Waals surface area contributed by atoms with Gasteiger partial charge in [0.15, 0.2) is 5.76 Å². The zero-order valence-corrected chi connectivity index (χ0v) is 10.5. The van der Waals surface area contributed by atoms with E-state index in [0.29, 0.717) is 11.4 Å². The third-order valence-corrected chi connectivity index (χ3v) is 2.81. The Morgan fingerprint density at radius 3 is 2.44 bits per heavy atom. The minimum atomic E-state index is -0.167. The number of benzene rings is 1. The van der Waals surface area contributed by atoms with Crippen molar-refractivity contribution in [2.45, 2.75) is 13.3 Å². The molecule has 0 saturated heterocycles. The lowest BCUT2D eigenvalue weighted by molar-refractivity contribution is 0.0965. The molecular weight excluding hydrogens is 228 g/mol. The van der Waals surface area contributed by atoms with Gasteiger partial charge in [-0.3, -0.25) is 4.79 Å². The van der Waals surface area contributed by atoms with Gasteiger partial charge in [0.1, 0.15) is 5.76 Å². The van der Waals surface area contributed by atoms with E-state index in [1.165, 1.54) is 4.90 Å². The molecule has 0 saturated carbocycles. The summed E-state index contributed by atoms with van der Waals surface area (Å²) in [5.41, 5.74) is 7.07. The topological polar surface area (TPSA) is 59.5 Å². The highest BCUT2D eigenvalue weighted by Gasteiger charge is 2.16. The number of anilines is 2. The van der Waals surface area contributed by atoms with Crippen LogP contribution in [0.25, 0.3) is 0 Å². The molecule has 18 heavy (non-hydrogen) atoms. The monoisotopic (exact) mass is 244 g/mol. The van der Waals surface area contributed by atoms with Gasteiger partial charge >= 0.3 is 0 Å². The quantitative estimate of drug-likeness (QED) is 0.844. The summed E-state index contributed by atoms with van der Waals surface area (Å²) < 4.78 is 5.45. The largest absolute Gasteiger partial charge is 0.456 e. The molecule has 0 spiro atoms. The molecule has 0 bridgehead atoms. The average Bonchev–Trinajstić information content (AvgIpc) is 2.86. The predicted octanol–water partition coefficient (Wildman–Crippen LogP) is 2.70. The maximum Gasteiger partial charge on any atom is 0.293 e. The summed E-state index contributed by atoms with van der Waals surface area (Å²) in [5, 5.41) is 0. The molecule has 0 atom stereocenters. The second-order valence-electron chi connectivity index (χ2n) is 4.08. The van der Waals surface area contributed by atoms with Gasteiger partial charge in [-0.05, 0) is 36.4 Å². The highest BCUT2D eigenvalue weighted by molar-refractivity contribution is 6.03. The van der Waals surface area contributed by atoms with E-state index in [9.17, 15) is 4.79 Å². The van der Waals surface area contributed by atoms with Crippen molar-refractivity contribution in [2.24, 2.45) is 0 Å². The Kier molecular flexibility index (Phi) is 3.37. The third kappa shape index (κ3) is 2.37. The Bertz CT molecular complexity index is 543. The fourth-order valence-corrected chi connectivity index (χ4v) is 1.66. The fraction of sp³-hybridized carbons (Fsp3) is 0.214. The number of hydrogen-bond acceptors (Lipinski definition) is 3. The number of aryl methyl sites for hydroxylation is 1. The van der Waals surface area contributed by atoms with Gasteiger partial charge in [-0.2, -0.15) is 0 Å². The van der Waals surface area contributed by atoms with Crippen LogP contribution in [-0.4, -0.2) is 13.0 Å². The highest BCUT2D eigenvalue weighted by Crippen LogP contribution is 2.18. The number of amides is 1.